The van der Waals surface area contributed by atoms with Crippen LogP contribution in [0.1, 0.15) is 0 Å². The minimum absolute atomic E-state index is 0.0231. The van der Waals surface area contributed by atoms with Crippen LogP contribution in [0.2, 0.25) is 0 Å². The van der Waals surface area contributed by atoms with E-state index in [9.17, 15) is 13.2 Å². The van der Waals surface area contributed by atoms with Crippen molar-refractivity contribution in [1.29, 1.82) is 0 Å². The minimum Gasteiger partial charge on any atom is -0.366 e. The molecule has 1 rings (SSSR count). The molecule has 67 valence electrons. The molecule has 0 aliphatic carbocycles. The number of alkyl halides is 3. The molecular formula is C7H8F3N2. The van der Waals surface area contributed by atoms with E-state index in [2.05, 4.69) is 10.6 Å². The second kappa shape index (κ2) is 3.18. The fraction of sp³-hybridized carbons (Fsp3) is 0.286. The molecule has 2 nitrogen and oxygen atoms in total. The Bertz CT molecular complexity index is 217. The normalized spacial score (nSPS) is 18.8. The van der Waals surface area contributed by atoms with Crippen molar-refractivity contribution in [2.24, 2.45) is 0 Å². The van der Waals surface area contributed by atoms with Gasteiger partial charge < -0.3 is 5.32 Å². The maximum Gasteiger partial charge on any atom is 0.416 e. The third kappa shape index (κ3) is 1.79. The van der Waals surface area contributed by atoms with E-state index in [1.54, 1.807) is 0 Å². The zero-order valence-corrected chi connectivity index (χ0v) is 6.37. The number of allylic oxidation sites excluding steroid dienone is 2. The fourth-order valence-electron chi connectivity index (χ4n) is 0.880. The van der Waals surface area contributed by atoms with Gasteiger partial charge >= 0.3 is 6.18 Å². The van der Waals surface area contributed by atoms with Gasteiger partial charge in [-0.2, -0.15) is 13.2 Å². The lowest BCUT2D eigenvalue weighted by Gasteiger charge is -2.22. The Morgan fingerprint density at radius 2 is 2.08 bits per heavy atom. The molecule has 0 aromatic rings. The maximum atomic E-state index is 12.2. The highest BCUT2D eigenvalue weighted by Crippen LogP contribution is 2.31. The molecule has 1 heterocycles. The second-order valence-corrected chi connectivity index (χ2v) is 2.21. The van der Waals surface area contributed by atoms with Crippen molar-refractivity contribution in [1.82, 2.24) is 10.6 Å². The third-order valence-electron chi connectivity index (χ3n) is 1.41. The molecule has 5 heteroatoms. The Morgan fingerprint density at radius 1 is 1.42 bits per heavy atom. The first kappa shape index (κ1) is 9.12. The molecule has 0 aromatic carbocycles. The Labute approximate surface area is 68.1 Å². The summed E-state index contributed by atoms with van der Waals surface area (Å²) in [7, 11) is 1.43. The van der Waals surface area contributed by atoms with Crippen LogP contribution in [0.4, 0.5) is 13.2 Å². The van der Waals surface area contributed by atoms with Gasteiger partial charge in [0.2, 0.25) is 0 Å². The molecular weight excluding hydrogens is 169 g/mol. The summed E-state index contributed by atoms with van der Waals surface area (Å²) in [6, 6.07) is 0. The Hall–Kier alpha value is -0.970. The molecule has 1 aliphatic heterocycles. The summed E-state index contributed by atoms with van der Waals surface area (Å²) in [4.78, 5) is 0. The molecule has 0 saturated heterocycles. The quantitative estimate of drug-likeness (QED) is 0.630. The monoisotopic (exact) mass is 177 g/mol. The van der Waals surface area contributed by atoms with Crippen LogP contribution in [0.15, 0.2) is 23.9 Å². The van der Waals surface area contributed by atoms with E-state index in [0.29, 0.717) is 0 Å². The predicted octanol–water partition coefficient (Wildman–Crippen LogP) is 1.30. The summed E-state index contributed by atoms with van der Waals surface area (Å²) in [6.45, 7) is 0. The number of nitrogens with one attached hydrogen (secondary N) is 2. The number of dihydropyridines is 1. The van der Waals surface area contributed by atoms with Gasteiger partial charge in [0, 0.05) is 0 Å². The van der Waals surface area contributed by atoms with Gasteiger partial charge in [0.1, 0.15) is 0 Å². The summed E-state index contributed by atoms with van der Waals surface area (Å²) >= 11 is 0. The van der Waals surface area contributed by atoms with Gasteiger partial charge in [0.05, 0.1) is 5.57 Å². The third-order valence-corrected chi connectivity index (χ3v) is 1.41. The molecule has 0 amide bonds. The number of hydrogen-bond donors (Lipinski definition) is 2. The van der Waals surface area contributed by atoms with E-state index in [1.807, 2.05) is 0 Å². The Kier molecular flexibility index (Phi) is 2.42. The highest BCUT2D eigenvalue weighted by Gasteiger charge is 2.39. The molecule has 0 spiro atoms. The van der Waals surface area contributed by atoms with Crippen LogP contribution in [0.3, 0.4) is 0 Å². The van der Waals surface area contributed by atoms with Crippen LogP contribution in [-0.2, 0) is 0 Å². The van der Waals surface area contributed by atoms with Crippen molar-refractivity contribution in [2.75, 3.05) is 7.05 Å². The van der Waals surface area contributed by atoms with Crippen LogP contribution in [0.25, 0.3) is 0 Å². The maximum absolute atomic E-state index is 12.2. The van der Waals surface area contributed by atoms with Crippen molar-refractivity contribution in [2.45, 2.75) is 6.18 Å². The summed E-state index contributed by atoms with van der Waals surface area (Å²) in [5.74, 6) is 0. The second-order valence-electron chi connectivity index (χ2n) is 2.21. The van der Waals surface area contributed by atoms with Gasteiger partial charge in [-0.15, -0.1) is 0 Å². The van der Waals surface area contributed by atoms with Crippen molar-refractivity contribution >= 4 is 0 Å². The lowest BCUT2D eigenvalue weighted by Crippen LogP contribution is -2.36. The highest BCUT2D eigenvalue weighted by molar-refractivity contribution is 5.34. The van der Waals surface area contributed by atoms with Crippen LogP contribution in [0, 0.1) is 6.17 Å². The van der Waals surface area contributed by atoms with Crippen molar-refractivity contribution in [3.8, 4) is 0 Å². The molecule has 0 saturated carbocycles. The highest BCUT2D eigenvalue weighted by atomic mass is 19.4. The summed E-state index contributed by atoms with van der Waals surface area (Å²) < 4.78 is 36.5. The van der Waals surface area contributed by atoms with Gasteiger partial charge in [0.25, 0.3) is 0 Å². The standard InChI is InChI=1S/C7H8F3N2/c1-11-6-5(7(8,9)10)3-2-4-12-6/h2-4,11-12H,1H3. The molecule has 2 N–H and O–H groups in total. The van der Waals surface area contributed by atoms with E-state index in [4.69, 9.17) is 0 Å². The van der Waals surface area contributed by atoms with Gasteiger partial charge in [-0.1, -0.05) is 0 Å². The molecule has 1 aliphatic rings. The van der Waals surface area contributed by atoms with Gasteiger partial charge in [0.15, 0.2) is 6.17 Å². The van der Waals surface area contributed by atoms with E-state index < -0.39 is 11.7 Å². The molecule has 0 atom stereocenters. The molecule has 0 unspecified atom stereocenters. The average molecular weight is 177 g/mol. The Morgan fingerprint density at radius 3 is 2.50 bits per heavy atom. The number of halogens is 3. The number of rotatable bonds is 1. The van der Waals surface area contributed by atoms with Crippen molar-refractivity contribution in [3.05, 3.63) is 30.1 Å². The van der Waals surface area contributed by atoms with Crippen molar-refractivity contribution < 1.29 is 13.2 Å². The average Bonchev–Trinajstić information content (AvgIpc) is 2.03. The minimum atomic E-state index is -4.31. The van der Waals surface area contributed by atoms with Crippen LogP contribution < -0.4 is 10.6 Å². The van der Waals surface area contributed by atoms with Gasteiger partial charge in [-0.05, 0) is 25.4 Å². The van der Waals surface area contributed by atoms with E-state index in [0.717, 1.165) is 6.08 Å². The Balaban J connectivity index is 2.84. The molecule has 1 radical (unpaired) electrons. The first-order chi connectivity index (χ1) is 5.55. The molecule has 0 bridgehead atoms. The van der Waals surface area contributed by atoms with E-state index >= 15 is 0 Å². The fourth-order valence-corrected chi connectivity index (χ4v) is 0.880. The lowest BCUT2D eigenvalue weighted by atomic mass is 10.1. The zero-order valence-electron chi connectivity index (χ0n) is 6.37. The van der Waals surface area contributed by atoms with E-state index in [-0.39, 0.29) is 6.17 Å². The molecule has 0 fully saturated rings. The van der Waals surface area contributed by atoms with Crippen LogP contribution >= 0.6 is 0 Å². The summed E-state index contributed by atoms with van der Waals surface area (Å²) in [6.07, 6.45) is -0.576. The first-order valence-corrected chi connectivity index (χ1v) is 3.31. The smallest absolute Gasteiger partial charge is 0.366 e. The zero-order chi connectivity index (χ0) is 9.19. The first-order valence-electron chi connectivity index (χ1n) is 3.31. The van der Waals surface area contributed by atoms with Gasteiger partial charge in [-0.3, -0.25) is 5.32 Å². The summed E-state index contributed by atoms with van der Waals surface area (Å²) in [5.41, 5.74) is -0.687. The topological polar surface area (TPSA) is 24.1 Å². The van der Waals surface area contributed by atoms with Crippen molar-refractivity contribution in [3.63, 3.8) is 0 Å². The van der Waals surface area contributed by atoms with Gasteiger partial charge in [-0.25, -0.2) is 0 Å². The summed E-state index contributed by atoms with van der Waals surface area (Å²) in [5, 5.41) is 4.89. The van der Waals surface area contributed by atoms with Crippen LogP contribution in [-0.4, -0.2) is 13.2 Å². The van der Waals surface area contributed by atoms with Crippen LogP contribution in [0.5, 0.6) is 0 Å². The number of hydrogen-bond acceptors (Lipinski definition) is 2. The largest absolute Gasteiger partial charge is 0.416 e. The van der Waals surface area contributed by atoms with E-state index in [1.165, 1.54) is 19.3 Å². The predicted molar refractivity (Wildman–Crippen MR) is 38.7 cm³/mol. The molecule has 12 heavy (non-hydrogen) atoms. The SMILES string of the molecule is CN[C]1NC=CC=C1C(F)(F)F. The number of likely N-dealkylation sites (N-methyl/N-ethyl adjacent to an activating group) is 1. The lowest BCUT2D eigenvalue weighted by molar-refractivity contribution is -0.0929. The molecule has 0 aromatic heterocycles.